The predicted molar refractivity (Wildman–Crippen MR) is 98.1 cm³/mol. The van der Waals surface area contributed by atoms with E-state index in [-0.39, 0.29) is 0 Å². The zero-order valence-corrected chi connectivity index (χ0v) is 14.2. The summed E-state index contributed by atoms with van der Waals surface area (Å²) in [6.45, 7) is 0. The summed E-state index contributed by atoms with van der Waals surface area (Å²) in [5.41, 5.74) is 2.44. The van der Waals surface area contributed by atoms with Crippen molar-refractivity contribution in [3.8, 4) is 0 Å². The Hall–Kier alpha value is -1.88. The third-order valence-electron chi connectivity index (χ3n) is 3.36. The first-order chi connectivity index (χ1) is 11.2. The highest BCUT2D eigenvalue weighted by Crippen LogP contribution is 2.39. The summed E-state index contributed by atoms with van der Waals surface area (Å²) in [6.07, 6.45) is 0. The van der Waals surface area contributed by atoms with Crippen molar-refractivity contribution < 1.29 is 0 Å². The molecule has 0 aliphatic heterocycles. The number of nitroso groups, excluding NO2 is 1. The van der Waals surface area contributed by atoms with Crippen molar-refractivity contribution in [2.75, 3.05) is 5.32 Å². The summed E-state index contributed by atoms with van der Waals surface area (Å²) < 4.78 is 0. The normalized spacial score (nSPS) is 11.9. The minimum Gasteiger partial charge on any atom is -0.355 e. The number of para-hydroxylation sites is 1. The minimum atomic E-state index is -0.694. The summed E-state index contributed by atoms with van der Waals surface area (Å²) in [7, 11) is 0. The smallest absolute Gasteiger partial charge is 0.154 e. The molecule has 0 spiro atoms. The topological polar surface area (TPSA) is 41.5 Å². The highest BCUT2D eigenvalue weighted by Gasteiger charge is 2.22. The molecular weight excluding hydrogens is 351 g/mol. The lowest BCUT2D eigenvalue weighted by Crippen LogP contribution is -1.98. The van der Waals surface area contributed by atoms with Gasteiger partial charge in [-0.25, -0.2) is 0 Å². The van der Waals surface area contributed by atoms with Gasteiger partial charge in [0.2, 0.25) is 0 Å². The van der Waals surface area contributed by atoms with E-state index < -0.39 is 6.04 Å². The molecule has 3 nitrogen and oxygen atoms in total. The first-order valence-corrected chi connectivity index (χ1v) is 8.49. The van der Waals surface area contributed by atoms with E-state index in [9.17, 15) is 4.91 Å². The average molecular weight is 363 g/mol. The third-order valence-corrected chi connectivity index (χ3v) is 5.09. The molecule has 0 amide bonds. The molecule has 116 valence electrons. The van der Waals surface area contributed by atoms with Gasteiger partial charge in [-0.3, -0.25) is 0 Å². The minimum absolute atomic E-state index is 0.472. The zero-order chi connectivity index (χ0) is 16.2. The summed E-state index contributed by atoms with van der Waals surface area (Å²) in [5, 5.41) is 9.30. The van der Waals surface area contributed by atoms with Crippen LogP contribution in [0, 0.1) is 4.91 Å². The number of hydrogen-bond acceptors (Lipinski definition) is 4. The van der Waals surface area contributed by atoms with E-state index in [2.05, 4.69) is 10.5 Å². The Bertz CT molecular complexity index is 820. The summed E-state index contributed by atoms with van der Waals surface area (Å²) in [4.78, 5) is 12.0. The molecule has 0 aliphatic rings. The Morgan fingerprint density at radius 3 is 2.35 bits per heavy atom. The predicted octanol–water partition coefficient (Wildman–Crippen LogP) is 6.65. The number of nitrogens with one attached hydrogen (secondary N) is 1. The van der Waals surface area contributed by atoms with Gasteiger partial charge in [-0.15, -0.1) is 16.2 Å². The van der Waals surface area contributed by atoms with Crippen LogP contribution in [0.5, 0.6) is 0 Å². The van der Waals surface area contributed by atoms with Gasteiger partial charge in [0.15, 0.2) is 6.04 Å². The van der Waals surface area contributed by atoms with E-state index in [4.69, 9.17) is 23.2 Å². The van der Waals surface area contributed by atoms with Crippen LogP contribution in [-0.4, -0.2) is 0 Å². The van der Waals surface area contributed by atoms with E-state index in [0.29, 0.717) is 20.5 Å². The molecule has 0 fully saturated rings. The van der Waals surface area contributed by atoms with Crippen LogP contribution < -0.4 is 5.32 Å². The Balaban J connectivity index is 1.90. The van der Waals surface area contributed by atoms with Crippen LogP contribution in [0.3, 0.4) is 0 Å². The maximum absolute atomic E-state index is 11.3. The molecule has 6 heteroatoms. The van der Waals surface area contributed by atoms with Gasteiger partial charge in [0.05, 0.1) is 9.90 Å². The quantitative estimate of drug-likeness (QED) is 0.515. The van der Waals surface area contributed by atoms with Crippen molar-refractivity contribution >= 4 is 45.9 Å². The van der Waals surface area contributed by atoms with E-state index in [1.54, 1.807) is 18.2 Å². The maximum atomic E-state index is 11.3. The molecule has 3 aromatic rings. The molecule has 0 saturated heterocycles. The Morgan fingerprint density at radius 1 is 0.957 bits per heavy atom. The monoisotopic (exact) mass is 362 g/mol. The highest BCUT2D eigenvalue weighted by molar-refractivity contribution is 7.10. The fourth-order valence-corrected chi connectivity index (χ4v) is 3.75. The molecule has 3 rings (SSSR count). The maximum Gasteiger partial charge on any atom is 0.154 e. The van der Waals surface area contributed by atoms with Gasteiger partial charge in [-0.05, 0) is 35.7 Å². The number of thiophene rings is 1. The van der Waals surface area contributed by atoms with E-state index >= 15 is 0 Å². The Morgan fingerprint density at radius 2 is 1.74 bits per heavy atom. The number of benzene rings is 2. The van der Waals surface area contributed by atoms with E-state index in [1.807, 2.05) is 41.8 Å². The van der Waals surface area contributed by atoms with Crippen molar-refractivity contribution in [3.05, 3.63) is 85.4 Å². The van der Waals surface area contributed by atoms with Crippen LogP contribution >= 0.6 is 34.5 Å². The number of hydrogen-bond donors (Lipinski definition) is 1. The first kappa shape index (κ1) is 16.0. The molecule has 1 unspecified atom stereocenters. The van der Waals surface area contributed by atoms with Crippen LogP contribution in [-0.2, 0) is 0 Å². The lowest BCUT2D eigenvalue weighted by atomic mass is 10.1. The average Bonchev–Trinajstić information content (AvgIpc) is 2.97. The molecule has 2 aromatic carbocycles. The van der Waals surface area contributed by atoms with Crippen LogP contribution in [0.15, 0.2) is 65.2 Å². The second kappa shape index (κ2) is 7.13. The molecule has 1 heterocycles. The van der Waals surface area contributed by atoms with Crippen LogP contribution in [0.1, 0.15) is 16.5 Å². The van der Waals surface area contributed by atoms with Crippen molar-refractivity contribution in [2.45, 2.75) is 6.04 Å². The van der Waals surface area contributed by atoms with Crippen molar-refractivity contribution in [1.29, 1.82) is 0 Å². The van der Waals surface area contributed by atoms with Crippen molar-refractivity contribution in [3.63, 3.8) is 0 Å². The third kappa shape index (κ3) is 3.55. The molecule has 1 atom stereocenters. The van der Waals surface area contributed by atoms with Crippen molar-refractivity contribution in [2.24, 2.45) is 5.18 Å². The van der Waals surface area contributed by atoms with Crippen molar-refractivity contribution in [1.82, 2.24) is 0 Å². The summed E-state index contributed by atoms with van der Waals surface area (Å²) in [6, 6.07) is 16.3. The van der Waals surface area contributed by atoms with Crippen LogP contribution in [0.4, 0.5) is 11.4 Å². The fourth-order valence-electron chi connectivity index (χ4n) is 2.26. The lowest BCUT2D eigenvalue weighted by molar-refractivity contribution is 0.885. The van der Waals surface area contributed by atoms with Gasteiger partial charge < -0.3 is 5.32 Å². The number of halogens is 2. The highest BCUT2D eigenvalue weighted by atomic mass is 35.5. The molecule has 1 N–H and O–H groups in total. The molecule has 0 aliphatic carbocycles. The molecule has 0 saturated carbocycles. The Kier molecular flexibility index (Phi) is 4.96. The molecule has 0 radical (unpaired) electrons. The van der Waals surface area contributed by atoms with Crippen LogP contribution in [0.2, 0.25) is 10.0 Å². The van der Waals surface area contributed by atoms with Gasteiger partial charge >= 0.3 is 0 Å². The number of rotatable bonds is 5. The second-order valence-corrected chi connectivity index (χ2v) is 6.63. The molecule has 0 bridgehead atoms. The van der Waals surface area contributed by atoms with Gasteiger partial charge in [-0.1, -0.05) is 52.6 Å². The van der Waals surface area contributed by atoms with Gasteiger partial charge in [0, 0.05) is 22.0 Å². The largest absolute Gasteiger partial charge is 0.355 e. The lowest BCUT2D eigenvalue weighted by Gasteiger charge is -2.13. The molecule has 23 heavy (non-hydrogen) atoms. The molecule has 1 aromatic heterocycles. The van der Waals surface area contributed by atoms with Crippen LogP contribution in [0.25, 0.3) is 0 Å². The standard InChI is InChI=1S/C17H12Cl2N2OS/c18-14-8-9-23-17(14)16(21-22)13-7-6-12(10-15(13)19)20-11-4-2-1-3-5-11/h1-10,16,20H. The summed E-state index contributed by atoms with van der Waals surface area (Å²) in [5.74, 6) is 0. The SMILES string of the molecule is O=NC(c1ccc(Nc2ccccc2)cc1Cl)c1sccc1Cl. The first-order valence-electron chi connectivity index (χ1n) is 6.86. The van der Waals surface area contributed by atoms with E-state index in [1.165, 1.54) is 11.3 Å². The summed E-state index contributed by atoms with van der Waals surface area (Å²) >= 11 is 13.9. The number of nitrogens with zero attached hydrogens (tertiary/aromatic N) is 1. The van der Waals surface area contributed by atoms with Gasteiger partial charge in [-0.2, -0.15) is 0 Å². The fraction of sp³-hybridized carbons (Fsp3) is 0.0588. The van der Waals surface area contributed by atoms with Gasteiger partial charge in [0.1, 0.15) is 0 Å². The van der Waals surface area contributed by atoms with Gasteiger partial charge in [0.25, 0.3) is 0 Å². The molecular formula is C17H12Cl2N2OS. The zero-order valence-electron chi connectivity index (χ0n) is 11.9. The Labute approximate surface area is 147 Å². The second-order valence-electron chi connectivity index (χ2n) is 4.87. The number of anilines is 2. The van der Waals surface area contributed by atoms with E-state index in [0.717, 1.165) is 11.4 Å².